The van der Waals surface area contributed by atoms with Crippen LogP contribution in [0.4, 0.5) is 5.69 Å². The highest BCUT2D eigenvalue weighted by Crippen LogP contribution is 2.20. The van der Waals surface area contributed by atoms with Gasteiger partial charge in [0.2, 0.25) is 0 Å². The van der Waals surface area contributed by atoms with Gasteiger partial charge in [-0.1, -0.05) is 60.7 Å². The van der Waals surface area contributed by atoms with Crippen LogP contribution < -0.4 is 15.5 Å². The molecule has 0 bridgehead atoms. The van der Waals surface area contributed by atoms with Gasteiger partial charge in [0.1, 0.15) is 12.4 Å². The molecule has 0 saturated carbocycles. The van der Waals surface area contributed by atoms with E-state index in [0.717, 1.165) is 22.6 Å². The largest absolute Gasteiger partial charge is 0.488 e. The molecular weight excluding hydrogens is 350 g/mol. The zero-order valence-electron chi connectivity index (χ0n) is 15.8. The molecule has 5 heteroatoms. The second kappa shape index (κ2) is 9.92. The Morgan fingerprint density at radius 2 is 1.54 bits per heavy atom. The fraction of sp³-hybridized carbons (Fsp3) is 0.130. The first-order valence-electron chi connectivity index (χ1n) is 9.10. The average molecular weight is 373 g/mol. The van der Waals surface area contributed by atoms with Gasteiger partial charge < -0.3 is 10.1 Å². The number of nitrogens with zero attached hydrogens (tertiary/aromatic N) is 1. The van der Waals surface area contributed by atoms with Gasteiger partial charge in [-0.15, -0.1) is 0 Å². The maximum absolute atomic E-state index is 12.0. The maximum atomic E-state index is 12.0. The lowest BCUT2D eigenvalue weighted by Gasteiger charge is -2.11. The number of para-hydroxylation sites is 2. The highest BCUT2D eigenvalue weighted by Gasteiger charge is 2.08. The van der Waals surface area contributed by atoms with Crippen molar-refractivity contribution in [3.05, 3.63) is 96.1 Å². The van der Waals surface area contributed by atoms with Crippen LogP contribution in [-0.4, -0.2) is 18.2 Å². The van der Waals surface area contributed by atoms with Crippen LogP contribution in [0.2, 0.25) is 0 Å². The van der Waals surface area contributed by atoms with Crippen molar-refractivity contribution in [1.29, 1.82) is 0 Å². The molecule has 0 saturated heterocycles. The van der Waals surface area contributed by atoms with E-state index in [1.807, 2.05) is 91.9 Å². The smallest absolute Gasteiger partial charge is 0.259 e. The maximum Gasteiger partial charge on any atom is 0.259 e. The fourth-order valence-corrected chi connectivity index (χ4v) is 2.61. The van der Waals surface area contributed by atoms with Crippen LogP contribution in [0.1, 0.15) is 18.1 Å². The average Bonchev–Trinajstić information content (AvgIpc) is 2.76. The van der Waals surface area contributed by atoms with Gasteiger partial charge in [-0.3, -0.25) is 4.79 Å². The summed E-state index contributed by atoms with van der Waals surface area (Å²) < 4.78 is 5.95. The van der Waals surface area contributed by atoms with Crippen molar-refractivity contribution < 1.29 is 9.53 Å². The molecule has 1 amide bonds. The molecule has 2 N–H and O–H groups in total. The zero-order chi connectivity index (χ0) is 19.6. The number of rotatable bonds is 8. The summed E-state index contributed by atoms with van der Waals surface area (Å²) in [5.41, 5.74) is 6.08. The van der Waals surface area contributed by atoms with Crippen molar-refractivity contribution in [2.75, 3.05) is 11.9 Å². The number of carbonyl (C=O) groups excluding carboxylic acids is 1. The number of benzene rings is 3. The highest BCUT2D eigenvalue weighted by atomic mass is 16.5. The van der Waals surface area contributed by atoms with Crippen LogP contribution in [0.25, 0.3) is 0 Å². The summed E-state index contributed by atoms with van der Waals surface area (Å²) in [5.74, 6) is 0.509. The molecule has 0 spiro atoms. The summed E-state index contributed by atoms with van der Waals surface area (Å²) in [7, 11) is 0. The Bertz CT molecular complexity index is 925. The highest BCUT2D eigenvalue weighted by molar-refractivity contribution is 6.01. The van der Waals surface area contributed by atoms with Gasteiger partial charge in [0, 0.05) is 11.3 Å². The Morgan fingerprint density at radius 1 is 0.893 bits per heavy atom. The predicted octanol–water partition coefficient (Wildman–Crippen LogP) is 4.22. The van der Waals surface area contributed by atoms with Crippen molar-refractivity contribution in [1.82, 2.24) is 5.43 Å². The molecule has 5 nitrogen and oxygen atoms in total. The molecular formula is C23H23N3O2. The van der Waals surface area contributed by atoms with Crippen molar-refractivity contribution in [2.24, 2.45) is 5.10 Å². The van der Waals surface area contributed by atoms with Crippen LogP contribution in [-0.2, 0) is 11.4 Å². The van der Waals surface area contributed by atoms with E-state index in [9.17, 15) is 4.79 Å². The standard InChI is InChI=1S/C23H23N3O2/c1-18(25-26-23(27)16-24-20-12-6-3-7-13-20)21-14-8-9-15-22(21)28-17-19-10-4-2-5-11-19/h2-15,24H,16-17H2,1H3,(H,26,27)/b25-18-. The number of hydrazone groups is 1. The van der Waals surface area contributed by atoms with Crippen molar-refractivity contribution in [2.45, 2.75) is 13.5 Å². The van der Waals surface area contributed by atoms with Gasteiger partial charge in [0.15, 0.2) is 0 Å². The van der Waals surface area contributed by atoms with Crippen molar-refractivity contribution in [3.63, 3.8) is 0 Å². The monoisotopic (exact) mass is 373 g/mol. The fourth-order valence-electron chi connectivity index (χ4n) is 2.61. The van der Waals surface area contributed by atoms with Crippen LogP contribution in [0.5, 0.6) is 5.75 Å². The van der Waals surface area contributed by atoms with Gasteiger partial charge in [-0.05, 0) is 36.8 Å². The molecule has 142 valence electrons. The number of hydrogen-bond donors (Lipinski definition) is 2. The molecule has 0 unspecified atom stereocenters. The molecule has 3 aromatic carbocycles. The zero-order valence-corrected chi connectivity index (χ0v) is 15.8. The third kappa shape index (κ3) is 5.71. The molecule has 28 heavy (non-hydrogen) atoms. The van der Waals surface area contributed by atoms with Crippen LogP contribution in [0.15, 0.2) is 90.0 Å². The Hall–Kier alpha value is -3.60. The first kappa shape index (κ1) is 19.2. The van der Waals surface area contributed by atoms with Gasteiger partial charge in [0.25, 0.3) is 5.91 Å². The number of amides is 1. The van der Waals surface area contributed by atoms with Crippen LogP contribution in [0, 0.1) is 0 Å². The minimum absolute atomic E-state index is 0.146. The molecule has 0 aromatic heterocycles. The number of anilines is 1. The van der Waals surface area contributed by atoms with E-state index in [-0.39, 0.29) is 12.5 Å². The Kier molecular flexibility index (Phi) is 6.79. The summed E-state index contributed by atoms with van der Waals surface area (Å²) in [4.78, 5) is 12.0. The minimum Gasteiger partial charge on any atom is -0.488 e. The molecule has 0 aliphatic heterocycles. The van der Waals surface area contributed by atoms with Gasteiger partial charge >= 0.3 is 0 Å². The van der Waals surface area contributed by atoms with Crippen LogP contribution in [0.3, 0.4) is 0 Å². The minimum atomic E-state index is -0.217. The SMILES string of the molecule is C/C(=N/NC(=O)CNc1ccccc1)c1ccccc1OCc1ccccc1. The third-order valence-electron chi connectivity index (χ3n) is 4.09. The second-order valence-electron chi connectivity index (χ2n) is 6.22. The molecule has 0 fully saturated rings. The molecule has 3 aromatic rings. The lowest BCUT2D eigenvalue weighted by atomic mass is 10.1. The molecule has 0 aliphatic rings. The number of carbonyl (C=O) groups is 1. The van der Waals surface area contributed by atoms with E-state index >= 15 is 0 Å². The normalized spacial score (nSPS) is 11.0. The van der Waals surface area contributed by atoms with E-state index in [2.05, 4.69) is 15.8 Å². The van der Waals surface area contributed by atoms with E-state index in [0.29, 0.717) is 12.3 Å². The molecule has 3 rings (SSSR count). The summed E-state index contributed by atoms with van der Waals surface area (Å²) >= 11 is 0. The van der Waals surface area contributed by atoms with E-state index in [4.69, 9.17) is 4.74 Å². The second-order valence-corrected chi connectivity index (χ2v) is 6.22. The number of hydrogen-bond acceptors (Lipinski definition) is 4. The van der Waals surface area contributed by atoms with Crippen molar-refractivity contribution >= 4 is 17.3 Å². The van der Waals surface area contributed by atoms with Gasteiger partial charge in [0.05, 0.1) is 12.3 Å². The lowest BCUT2D eigenvalue weighted by Crippen LogP contribution is -2.26. The van der Waals surface area contributed by atoms with E-state index in [1.54, 1.807) is 0 Å². The van der Waals surface area contributed by atoms with Gasteiger partial charge in [-0.2, -0.15) is 5.10 Å². The Labute approximate surface area is 165 Å². The van der Waals surface area contributed by atoms with Gasteiger partial charge in [-0.25, -0.2) is 5.43 Å². The Morgan fingerprint density at radius 3 is 2.29 bits per heavy atom. The first-order valence-corrected chi connectivity index (χ1v) is 9.10. The first-order chi connectivity index (χ1) is 13.7. The Balaban J connectivity index is 1.58. The summed E-state index contributed by atoms with van der Waals surface area (Å²) in [5, 5.41) is 7.27. The quantitative estimate of drug-likeness (QED) is 0.459. The topological polar surface area (TPSA) is 62.7 Å². The molecule has 0 atom stereocenters. The molecule has 0 radical (unpaired) electrons. The molecule has 0 heterocycles. The third-order valence-corrected chi connectivity index (χ3v) is 4.09. The summed E-state index contributed by atoms with van der Waals surface area (Å²) in [6.45, 7) is 2.46. The number of ether oxygens (including phenoxy) is 1. The van der Waals surface area contributed by atoms with Crippen molar-refractivity contribution in [3.8, 4) is 5.75 Å². The van der Waals surface area contributed by atoms with Crippen LogP contribution >= 0.6 is 0 Å². The lowest BCUT2D eigenvalue weighted by molar-refractivity contribution is -0.119. The van der Waals surface area contributed by atoms with E-state index in [1.165, 1.54) is 0 Å². The predicted molar refractivity (Wildman–Crippen MR) is 113 cm³/mol. The number of nitrogens with one attached hydrogen (secondary N) is 2. The van der Waals surface area contributed by atoms with E-state index < -0.39 is 0 Å². The summed E-state index contributed by atoms with van der Waals surface area (Å²) in [6.07, 6.45) is 0. The molecule has 0 aliphatic carbocycles. The summed E-state index contributed by atoms with van der Waals surface area (Å²) in [6, 6.07) is 27.2.